The van der Waals surface area contributed by atoms with E-state index in [4.69, 9.17) is 0 Å². The second-order valence-electron chi connectivity index (χ2n) is 4.85. The Morgan fingerprint density at radius 1 is 1.06 bits per heavy atom. The highest BCUT2D eigenvalue weighted by atomic mass is 15.3. The molecule has 1 saturated carbocycles. The van der Waals surface area contributed by atoms with Gasteiger partial charge in [0.25, 0.3) is 0 Å². The number of nitrogens with one attached hydrogen (secondary N) is 1. The average Bonchev–Trinajstić information content (AvgIpc) is 2.33. The highest BCUT2D eigenvalue weighted by Gasteiger charge is 2.35. The number of aromatic nitrogens is 3. The first kappa shape index (κ1) is 12.3. The van der Waals surface area contributed by atoms with Crippen LogP contribution in [0.5, 0.6) is 0 Å². The van der Waals surface area contributed by atoms with Crippen LogP contribution < -0.4 is 5.32 Å². The van der Waals surface area contributed by atoms with Crippen molar-refractivity contribution in [2.75, 3.05) is 5.32 Å². The van der Waals surface area contributed by atoms with Crippen molar-refractivity contribution in [1.82, 2.24) is 15.2 Å². The molecule has 2 rings (SSSR count). The highest BCUT2D eigenvalue weighted by molar-refractivity contribution is 5.31. The largest absolute Gasteiger partial charge is 0.347 e. The number of hydrogen-bond donors (Lipinski definition) is 1. The molecule has 1 aromatic rings. The quantitative estimate of drug-likeness (QED) is 0.851. The second-order valence-corrected chi connectivity index (χ2v) is 4.85. The van der Waals surface area contributed by atoms with E-state index in [2.05, 4.69) is 41.3 Å². The third-order valence-corrected chi connectivity index (χ3v) is 3.87. The summed E-state index contributed by atoms with van der Waals surface area (Å²) in [6, 6.07) is 0. The van der Waals surface area contributed by atoms with Crippen molar-refractivity contribution < 1.29 is 0 Å². The molecular weight excluding hydrogens is 212 g/mol. The normalized spacial score (nSPS) is 17.6. The minimum atomic E-state index is 0.237. The van der Waals surface area contributed by atoms with Gasteiger partial charge in [-0.25, -0.2) is 4.98 Å². The maximum Gasteiger partial charge on any atom is 0.243 e. The predicted octanol–water partition coefficient (Wildman–Crippen LogP) is 2.74. The first-order chi connectivity index (χ1) is 8.23. The fourth-order valence-corrected chi connectivity index (χ4v) is 2.40. The van der Waals surface area contributed by atoms with Gasteiger partial charge >= 0.3 is 0 Å². The Labute approximate surface area is 103 Å². The topological polar surface area (TPSA) is 50.7 Å². The molecule has 1 aliphatic carbocycles. The molecule has 0 spiro atoms. The van der Waals surface area contributed by atoms with Gasteiger partial charge in [0.1, 0.15) is 0 Å². The Bertz CT molecular complexity index is 379. The number of nitrogens with zero attached hydrogens (tertiary/aromatic N) is 3. The van der Waals surface area contributed by atoms with Crippen LogP contribution in [0, 0.1) is 0 Å². The highest BCUT2D eigenvalue weighted by Crippen LogP contribution is 2.37. The van der Waals surface area contributed by atoms with Gasteiger partial charge in [-0.1, -0.05) is 20.8 Å². The van der Waals surface area contributed by atoms with Crippen LogP contribution in [0.15, 0.2) is 0 Å². The molecule has 4 nitrogen and oxygen atoms in total. The zero-order chi connectivity index (χ0) is 12.3. The van der Waals surface area contributed by atoms with Crippen molar-refractivity contribution in [2.45, 2.75) is 64.8 Å². The van der Waals surface area contributed by atoms with E-state index < -0.39 is 0 Å². The summed E-state index contributed by atoms with van der Waals surface area (Å²) in [5, 5.41) is 12.0. The molecule has 0 bridgehead atoms. The molecule has 0 aliphatic heterocycles. The van der Waals surface area contributed by atoms with E-state index in [1.165, 1.54) is 19.3 Å². The molecule has 94 valence electrons. The maximum atomic E-state index is 4.59. The van der Waals surface area contributed by atoms with Crippen LogP contribution in [0.4, 0.5) is 5.95 Å². The number of rotatable bonds is 5. The second kappa shape index (κ2) is 4.98. The van der Waals surface area contributed by atoms with Gasteiger partial charge in [-0.2, -0.15) is 5.10 Å². The molecule has 0 aromatic carbocycles. The Morgan fingerprint density at radius 3 is 2.24 bits per heavy atom. The van der Waals surface area contributed by atoms with Crippen molar-refractivity contribution in [3.8, 4) is 0 Å². The number of hydrogen-bond acceptors (Lipinski definition) is 4. The summed E-state index contributed by atoms with van der Waals surface area (Å²) in [7, 11) is 0. The Balaban J connectivity index is 2.16. The van der Waals surface area contributed by atoms with Gasteiger partial charge in [-0.3, -0.25) is 0 Å². The summed E-state index contributed by atoms with van der Waals surface area (Å²) in [4.78, 5) is 4.59. The molecule has 0 radical (unpaired) electrons. The van der Waals surface area contributed by atoms with Crippen molar-refractivity contribution in [3.63, 3.8) is 0 Å². The summed E-state index contributed by atoms with van der Waals surface area (Å²) < 4.78 is 0. The van der Waals surface area contributed by atoms with Crippen LogP contribution in [0.1, 0.15) is 57.8 Å². The van der Waals surface area contributed by atoms with E-state index in [1.807, 2.05) is 0 Å². The molecule has 0 amide bonds. The average molecular weight is 234 g/mol. The van der Waals surface area contributed by atoms with Gasteiger partial charge in [0, 0.05) is 5.54 Å². The van der Waals surface area contributed by atoms with Crippen LogP contribution in [0.25, 0.3) is 0 Å². The molecule has 17 heavy (non-hydrogen) atoms. The number of anilines is 1. The van der Waals surface area contributed by atoms with Crippen molar-refractivity contribution >= 4 is 5.95 Å². The fraction of sp³-hybridized carbons (Fsp3) is 0.769. The summed E-state index contributed by atoms with van der Waals surface area (Å²) >= 11 is 0. The van der Waals surface area contributed by atoms with Gasteiger partial charge < -0.3 is 5.32 Å². The lowest BCUT2D eigenvalue weighted by molar-refractivity contribution is 0.267. The van der Waals surface area contributed by atoms with Crippen LogP contribution >= 0.6 is 0 Å². The molecule has 1 heterocycles. The first-order valence-corrected chi connectivity index (χ1v) is 6.73. The summed E-state index contributed by atoms with van der Waals surface area (Å²) in [5.41, 5.74) is 2.34. The Morgan fingerprint density at radius 2 is 1.76 bits per heavy atom. The monoisotopic (exact) mass is 234 g/mol. The summed E-state index contributed by atoms with van der Waals surface area (Å²) in [5.74, 6) is 0.709. The fourth-order valence-electron chi connectivity index (χ4n) is 2.40. The van der Waals surface area contributed by atoms with Gasteiger partial charge in [-0.15, -0.1) is 5.10 Å². The molecule has 1 fully saturated rings. The molecule has 0 unspecified atom stereocenters. The van der Waals surface area contributed by atoms with Crippen molar-refractivity contribution in [2.24, 2.45) is 0 Å². The molecular formula is C13H22N4. The lowest BCUT2D eigenvalue weighted by Gasteiger charge is -2.41. The van der Waals surface area contributed by atoms with Gasteiger partial charge in [0.15, 0.2) is 0 Å². The lowest BCUT2D eigenvalue weighted by Crippen LogP contribution is -2.45. The van der Waals surface area contributed by atoms with E-state index in [1.54, 1.807) is 0 Å². The van der Waals surface area contributed by atoms with E-state index in [0.717, 1.165) is 30.7 Å². The van der Waals surface area contributed by atoms with Gasteiger partial charge in [0.05, 0.1) is 11.4 Å². The third-order valence-electron chi connectivity index (χ3n) is 3.87. The van der Waals surface area contributed by atoms with Gasteiger partial charge in [0.2, 0.25) is 5.95 Å². The standard InChI is InChI=1S/C13H22N4/c1-4-10-11(5-2)16-17-12(14-10)15-13(6-3)8-7-9-13/h4-9H2,1-3H3,(H,14,15,17). The van der Waals surface area contributed by atoms with Gasteiger partial charge in [-0.05, 0) is 38.5 Å². The molecule has 1 aliphatic rings. The van der Waals surface area contributed by atoms with E-state index in [0.29, 0.717) is 5.95 Å². The van der Waals surface area contributed by atoms with E-state index in [9.17, 15) is 0 Å². The first-order valence-electron chi connectivity index (χ1n) is 6.73. The van der Waals surface area contributed by atoms with Crippen LogP contribution in [0.3, 0.4) is 0 Å². The summed E-state index contributed by atoms with van der Waals surface area (Å²) in [6.07, 6.45) is 6.72. The maximum absolute atomic E-state index is 4.59. The number of aryl methyl sites for hydroxylation is 2. The molecule has 1 aromatic heterocycles. The smallest absolute Gasteiger partial charge is 0.243 e. The van der Waals surface area contributed by atoms with E-state index in [-0.39, 0.29) is 5.54 Å². The van der Waals surface area contributed by atoms with Crippen LogP contribution in [-0.4, -0.2) is 20.7 Å². The minimum absolute atomic E-state index is 0.237. The summed E-state index contributed by atoms with van der Waals surface area (Å²) in [6.45, 7) is 6.43. The van der Waals surface area contributed by atoms with Crippen LogP contribution in [-0.2, 0) is 12.8 Å². The molecule has 0 atom stereocenters. The zero-order valence-corrected chi connectivity index (χ0v) is 11.1. The lowest BCUT2D eigenvalue weighted by atomic mass is 9.75. The predicted molar refractivity (Wildman–Crippen MR) is 69.1 cm³/mol. The molecule has 4 heteroatoms. The molecule has 1 N–H and O–H groups in total. The zero-order valence-electron chi connectivity index (χ0n) is 11.1. The Kier molecular flexibility index (Phi) is 3.60. The molecule has 0 saturated heterocycles. The van der Waals surface area contributed by atoms with Crippen molar-refractivity contribution in [3.05, 3.63) is 11.4 Å². The SMILES string of the molecule is CCc1nnc(NC2(CC)CCC2)nc1CC. The van der Waals surface area contributed by atoms with Crippen molar-refractivity contribution in [1.29, 1.82) is 0 Å². The Hall–Kier alpha value is -1.19. The van der Waals surface area contributed by atoms with Crippen LogP contribution in [0.2, 0.25) is 0 Å². The van der Waals surface area contributed by atoms with E-state index >= 15 is 0 Å². The third kappa shape index (κ3) is 2.40. The minimum Gasteiger partial charge on any atom is -0.347 e.